The predicted octanol–water partition coefficient (Wildman–Crippen LogP) is 2.71. The van der Waals surface area contributed by atoms with Crippen molar-refractivity contribution in [3.8, 4) is 0 Å². The third-order valence-corrected chi connectivity index (χ3v) is 3.05. The van der Waals surface area contributed by atoms with Crippen LogP contribution in [0.3, 0.4) is 0 Å². The minimum absolute atomic E-state index is 0.160. The number of aromatic nitrogens is 2. The molecule has 0 radical (unpaired) electrons. The molecule has 5 nitrogen and oxygen atoms in total. The number of fused-ring (bicyclic) bond motifs is 1. The molecule has 0 unspecified atom stereocenters. The van der Waals surface area contributed by atoms with Gasteiger partial charge >= 0.3 is 0 Å². The molecule has 0 saturated heterocycles. The third kappa shape index (κ3) is 2.38. The van der Waals surface area contributed by atoms with Crippen LogP contribution in [0.25, 0.3) is 11.0 Å². The van der Waals surface area contributed by atoms with Gasteiger partial charge in [0.1, 0.15) is 11.5 Å². The van der Waals surface area contributed by atoms with Gasteiger partial charge in [0.15, 0.2) is 5.58 Å². The Morgan fingerprint density at radius 2 is 2.10 bits per heavy atom. The van der Waals surface area contributed by atoms with Gasteiger partial charge in [-0.05, 0) is 30.7 Å². The molecule has 100 valence electrons. The number of aryl methyl sites for hydroxylation is 1. The van der Waals surface area contributed by atoms with E-state index in [0.717, 1.165) is 10.9 Å². The summed E-state index contributed by atoms with van der Waals surface area (Å²) >= 11 is 0. The van der Waals surface area contributed by atoms with Crippen molar-refractivity contribution in [3.05, 3.63) is 53.9 Å². The minimum Gasteiger partial charge on any atom is -0.356 e. The first-order valence-corrected chi connectivity index (χ1v) is 6.29. The first kappa shape index (κ1) is 12.3. The fraction of sp³-hybridized carbons (Fsp3) is 0.133. The van der Waals surface area contributed by atoms with Crippen molar-refractivity contribution in [3.63, 3.8) is 0 Å². The molecule has 20 heavy (non-hydrogen) atoms. The van der Waals surface area contributed by atoms with E-state index in [1.807, 2.05) is 43.3 Å². The number of para-hydroxylation sites is 1. The predicted molar refractivity (Wildman–Crippen MR) is 75.3 cm³/mol. The normalized spacial score (nSPS) is 10.7. The molecule has 0 saturated carbocycles. The number of pyridine rings is 1. The summed E-state index contributed by atoms with van der Waals surface area (Å²) in [6.45, 7) is 1.90. The van der Waals surface area contributed by atoms with Gasteiger partial charge in [-0.3, -0.25) is 4.79 Å². The highest BCUT2D eigenvalue weighted by molar-refractivity contribution is 5.94. The maximum absolute atomic E-state index is 12.0. The second-order valence-corrected chi connectivity index (χ2v) is 4.52. The summed E-state index contributed by atoms with van der Waals surface area (Å²) in [5.41, 5.74) is 2.24. The van der Waals surface area contributed by atoms with Gasteiger partial charge in [-0.2, -0.15) is 0 Å². The number of benzene rings is 1. The highest BCUT2D eigenvalue weighted by atomic mass is 16.5. The van der Waals surface area contributed by atoms with Gasteiger partial charge in [-0.25, -0.2) is 4.98 Å². The molecule has 0 aliphatic heterocycles. The Bertz CT molecular complexity index is 764. The van der Waals surface area contributed by atoms with E-state index < -0.39 is 0 Å². The van der Waals surface area contributed by atoms with Crippen LogP contribution < -0.4 is 5.32 Å². The summed E-state index contributed by atoms with van der Waals surface area (Å²) in [5.74, 6) is 0.413. The highest BCUT2D eigenvalue weighted by Gasteiger charge is 2.13. The molecule has 0 spiro atoms. The fourth-order valence-corrected chi connectivity index (χ4v) is 2.01. The second-order valence-electron chi connectivity index (χ2n) is 4.52. The monoisotopic (exact) mass is 267 g/mol. The van der Waals surface area contributed by atoms with Crippen molar-refractivity contribution < 1.29 is 9.32 Å². The Balaban J connectivity index is 1.78. The number of hydrogen-bond acceptors (Lipinski definition) is 4. The van der Waals surface area contributed by atoms with Gasteiger partial charge in [0.25, 0.3) is 0 Å². The largest absolute Gasteiger partial charge is 0.356 e. The second kappa shape index (κ2) is 5.13. The van der Waals surface area contributed by atoms with E-state index in [4.69, 9.17) is 4.52 Å². The molecule has 0 aliphatic rings. The van der Waals surface area contributed by atoms with E-state index in [1.54, 1.807) is 6.20 Å². The molecule has 1 aromatic carbocycles. The molecule has 3 aromatic rings. The Morgan fingerprint density at radius 3 is 2.95 bits per heavy atom. The number of carbonyl (C=O) groups is 1. The molecule has 0 atom stereocenters. The number of anilines is 1. The van der Waals surface area contributed by atoms with E-state index in [9.17, 15) is 4.79 Å². The fourth-order valence-electron chi connectivity index (χ4n) is 2.01. The maximum Gasteiger partial charge on any atom is 0.231 e. The zero-order valence-corrected chi connectivity index (χ0v) is 11.0. The summed E-state index contributed by atoms with van der Waals surface area (Å²) < 4.78 is 5.18. The van der Waals surface area contributed by atoms with E-state index in [0.29, 0.717) is 17.1 Å². The standard InChI is InChI=1S/C15H13N3O2/c1-10-5-4-8-16-15(10)17-14(19)9-12-11-6-2-3-7-13(11)20-18-12/h2-8H,9H2,1H3,(H,16,17,19). The van der Waals surface area contributed by atoms with Gasteiger partial charge in [0, 0.05) is 11.6 Å². The third-order valence-electron chi connectivity index (χ3n) is 3.05. The first-order valence-electron chi connectivity index (χ1n) is 6.29. The Morgan fingerprint density at radius 1 is 1.25 bits per heavy atom. The van der Waals surface area contributed by atoms with Crippen molar-refractivity contribution in [2.24, 2.45) is 0 Å². The average Bonchev–Trinajstić information content (AvgIpc) is 2.85. The molecule has 3 rings (SSSR count). The van der Waals surface area contributed by atoms with Gasteiger partial charge in [0.2, 0.25) is 5.91 Å². The van der Waals surface area contributed by atoms with Gasteiger partial charge in [0.05, 0.1) is 6.42 Å². The molecule has 2 aromatic heterocycles. The zero-order valence-electron chi connectivity index (χ0n) is 11.0. The van der Waals surface area contributed by atoms with Crippen LogP contribution in [-0.4, -0.2) is 16.0 Å². The number of hydrogen-bond donors (Lipinski definition) is 1. The first-order chi connectivity index (χ1) is 9.74. The minimum atomic E-state index is -0.161. The van der Waals surface area contributed by atoms with Crippen LogP contribution in [0, 0.1) is 6.92 Å². The van der Waals surface area contributed by atoms with Crippen molar-refractivity contribution in [2.75, 3.05) is 5.32 Å². The van der Waals surface area contributed by atoms with Crippen LogP contribution in [0.1, 0.15) is 11.3 Å². The topological polar surface area (TPSA) is 68.0 Å². The lowest BCUT2D eigenvalue weighted by Crippen LogP contribution is -2.16. The van der Waals surface area contributed by atoms with Gasteiger partial charge in [-0.1, -0.05) is 23.4 Å². The van der Waals surface area contributed by atoms with Gasteiger partial charge < -0.3 is 9.84 Å². The molecular formula is C15H13N3O2. The number of carbonyl (C=O) groups excluding carboxylic acids is 1. The molecular weight excluding hydrogens is 254 g/mol. The smallest absolute Gasteiger partial charge is 0.231 e. The molecule has 2 heterocycles. The Labute approximate surface area is 115 Å². The van der Waals surface area contributed by atoms with E-state index in [-0.39, 0.29) is 12.3 Å². The maximum atomic E-state index is 12.0. The Kier molecular flexibility index (Phi) is 3.16. The van der Waals surface area contributed by atoms with Crippen molar-refractivity contribution in [2.45, 2.75) is 13.3 Å². The average molecular weight is 267 g/mol. The van der Waals surface area contributed by atoms with E-state index in [1.165, 1.54) is 0 Å². The van der Waals surface area contributed by atoms with Crippen LogP contribution in [-0.2, 0) is 11.2 Å². The van der Waals surface area contributed by atoms with E-state index in [2.05, 4.69) is 15.5 Å². The Hall–Kier alpha value is -2.69. The van der Waals surface area contributed by atoms with Crippen LogP contribution in [0.15, 0.2) is 47.1 Å². The summed E-state index contributed by atoms with van der Waals surface area (Å²) in [7, 11) is 0. The summed E-state index contributed by atoms with van der Waals surface area (Å²) in [6, 6.07) is 11.2. The highest BCUT2D eigenvalue weighted by Crippen LogP contribution is 2.18. The molecule has 1 N–H and O–H groups in total. The van der Waals surface area contributed by atoms with Crippen molar-refractivity contribution in [1.82, 2.24) is 10.1 Å². The van der Waals surface area contributed by atoms with Crippen LogP contribution in [0.4, 0.5) is 5.82 Å². The number of nitrogens with zero attached hydrogens (tertiary/aromatic N) is 2. The molecule has 0 aliphatic carbocycles. The number of nitrogens with one attached hydrogen (secondary N) is 1. The lowest BCUT2D eigenvalue weighted by Gasteiger charge is -2.05. The summed E-state index contributed by atoms with van der Waals surface area (Å²) in [6.07, 6.45) is 1.81. The zero-order chi connectivity index (χ0) is 13.9. The van der Waals surface area contributed by atoms with E-state index >= 15 is 0 Å². The van der Waals surface area contributed by atoms with Crippen molar-refractivity contribution >= 4 is 22.7 Å². The SMILES string of the molecule is Cc1cccnc1NC(=O)Cc1noc2ccccc12. The summed E-state index contributed by atoms with van der Waals surface area (Å²) in [5, 5.41) is 7.59. The molecule has 0 fully saturated rings. The van der Waals surface area contributed by atoms with Crippen LogP contribution in [0.2, 0.25) is 0 Å². The lowest BCUT2D eigenvalue weighted by molar-refractivity contribution is -0.115. The van der Waals surface area contributed by atoms with Gasteiger partial charge in [-0.15, -0.1) is 0 Å². The summed E-state index contributed by atoms with van der Waals surface area (Å²) in [4.78, 5) is 16.2. The lowest BCUT2D eigenvalue weighted by atomic mass is 10.1. The van der Waals surface area contributed by atoms with Crippen molar-refractivity contribution in [1.29, 1.82) is 0 Å². The molecule has 5 heteroatoms. The molecule has 0 bridgehead atoms. The van der Waals surface area contributed by atoms with Crippen LogP contribution >= 0.6 is 0 Å². The number of rotatable bonds is 3. The quantitative estimate of drug-likeness (QED) is 0.792. The molecule has 1 amide bonds. The number of amides is 1. The van der Waals surface area contributed by atoms with Crippen LogP contribution in [0.5, 0.6) is 0 Å².